The van der Waals surface area contributed by atoms with Crippen LogP contribution in [-0.2, 0) is 16.3 Å². The molecule has 3 aromatic rings. The smallest absolute Gasteiger partial charge is 0.256 e. The lowest BCUT2D eigenvalue weighted by molar-refractivity contribution is 0.102. The van der Waals surface area contributed by atoms with E-state index in [2.05, 4.69) is 5.32 Å². The first-order valence-corrected chi connectivity index (χ1v) is 10.9. The summed E-state index contributed by atoms with van der Waals surface area (Å²) in [6.45, 7) is 1.56. The molecule has 0 unspecified atom stereocenters. The van der Waals surface area contributed by atoms with Crippen molar-refractivity contribution in [3.8, 4) is 5.75 Å². The third-order valence-corrected chi connectivity index (χ3v) is 6.41. The summed E-state index contributed by atoms with van der Waals surface area (Å²) in [5.41, 5.74) is 2.75. The van der Waals surface area contributed by atoms with Gasteiger partial charge in [0.25, 0.3) is 5.91 Å². The Balaban J connectivity index is 1.90. The maximum atomic E-state index is 12.8. The van der Waals surface area contributed by atoms with E-state index >= 15 is 0 Å². The molecule has 150 valence electrons. The number of rotatable bonds is 7. The molecule has 0 radical (unpaired) electrons. The van der Waals surface area contributed by atoms with Gasteiger partial charge >= 0.3 is 0 Å². The molecule has 0 heterocycles. The Kier molecular flexibility index (Phi) is 6.34. The van der Waals surface area contributed by atoms with E-state index in [1.165, 1.54) is 12.1 Å². The van der Waals surface area contributed by atoms with Gasteiger partial charge in [0.15, 0.2) is 9.84 Å². The summed E-state index contributed by atoms with van der Waals surface area (Å²) in [6, 6.07) is 21.6. The van der Waals surface area contributed by atoms with Gasteiger partial charge in [0.2, 0.25) is 0 Å². The summed E-state index contributed by atoms with van der Waals surface area (Å²) in [6.07, 6.45) is 0.647. The van der Waals surface area contributed by atoms with Crippen LogP contribution in [0.5, 0.6) is 5.75 Å². The van der Waals surface area contributed by atoms with E-state index < -0.39 is 15.7 Å². The van der Waals surface area contributed by atoms with Crippen molar-refractivity contribution in [2.45, 2.75) is 18.2 Å². The van der Waals surface area contributed by atoms with Crippen LogP contribution in [0.4, 0.5) is 5.69 Å². The fourth-order valence-corrected chi connectivity index (χ4v) is 4.18. The van der Waals surface area contributed by atoms with Crippen molar-refractivity contribution in [2.24, 2.45) is 0 Å². The highest BCUT2D eigenvalue weighted by Crippen LogP contribution is 2.26. The number of hydrogen-bond acceptors (Lipinski definition) is 4. The molecule has 0 saturated carbocycles. The summed E-state index contributed by atoms with van der Waals surface area (Å²) >= 11 is 0. The van der Waals surface area contributed by atoms with Gasteiger partial charge in [0.05, 0.1) is 23.3 Å². The van der Waals surface area contributed by atoms with E-state index in [-0.39, 0.29) is 16.2 Å². The van der Waals surface area contributed by atoms with Gasteiger partial charge in [-0.05, 0) is 35.9 Å². The molecule has 6 heteroatoms. The number of sulfone groups is 1. The minimum atomic E-state index is -3.51. The number of ether oxygens (including phenoxy) is 1. The molecule has 0 spiro atoms. The van der Waals surface area contributed by atoms with Crippen molar-refractivity contribution in [3.63, 3.8) is 0 Å². The Bertz CT molecular complexity index is 1110. The predicted octanol–water partition coefficient (Wildman–Crippen LogP) is 4.33. The zero-order chi connectivity index (χ0) is 20.9. The van der Waals surface area contributed by atoms with E-state index in [1.807, 2.05) is 36.4 Å². The maximum Gasteiger partial charge on any atom is 0.256 e. The van der Waals surface area contributed by atoms with Gasteiger partial charge in [-0.25, -0.2) is 8.42 Å². The summed E-state index contributed by atoms with van der Waals surface area (Å²) in [5, 5.41) is 2.81. The number of nitrogens with one attached hydrogen (secondary N) is 1. The van der Waals surface area contributed by atoms with Gasteiger partial charge in [-0.3, -0.25) is 4.79 Å². The van der Waals surface area contributed by atoms with E-state index in [4.69, 9.17) is 4.74 Å². The quantitative estimate of drug-likeness (QED) is 0.630. The molecular formula is C23H23NO4S. The Morgan fingerprint density at radius 1 is 0.966 bits per heavy atom. The Hall–Kier alpha value is -3.12. The monoisotopic (exact) mass is 409 g/mol. The van der Waals surface area contributed by atoms with Gasteiger partial charge < -0.3 is 10.1 Å². The molecule has 0 fully saturated rings. The second-order valence-corrected chi connectivity index (χ2v) is 8.79. The molecule has 1 amide bonds. The van der Waals surface area contributed by atoms with Crippen molar-refractivity contribution in [3.05, 3.63) is 89.5 Å². The van der Waals surface area contributed by atoms with Crippen LogP contribution in [0.3, 0.4) is 0 Å². The third-order valence-electron chi connectivity index (χ3n) is 4.62. The molecule has 29 heavy (non-hydrogen) atoms. The summed E-state index contributed by atoms with van der Waals surface area (Å²) < 4.78 is 30.1. The lowest BCUT2D eigenvalue weighted by atomic mass is 10.0. The first-order chi connectivity index (χ1) is 13.9. The van der Waals surface area contributed by atoms with Crippen LogP contribution >= 0.6 is 0 Å². The number of anilines is 1. The maximum absolute atomic E-state index is 12.8. The van der Waals surface area contributed by atoms with Gasteiger partial charge in [-0.2, -0.15) is 0 Å². The van der Waals surface area contributed by atoms with Crippen molar-refractivity contribution < 1.29 is 17.9 Å². The summed E-state index contributed by atoms with van der Waals surface area (Å²) in [5.74, 6) is 0.190. The lowest BCUT2D eigenvalue weighted by Gasteiger charge is -2.13. The van der Waals surface area contributed by atoms with Crippen molar-refractivity contribution >= 4 is 21.4 Å². The van der Waals surface area contributed by atoms with Gasteiger partial charge in [0, 0.05) is 17.7 Å². The molecule has 0 aliphatic heterocycles. The average molecular weight is 410 g/mol. The standard InChI is InChI=1S/C23H23NO4S/c1-3-29(26,27)22-12-8-7-11-20(22)23(25)24-19-13-14-21(28-2)18(16-19)15-17-9-5-4-6-10-17/h4-14,16H,3,15H2,1-2H3,(H,24,25). The summed E-state index contributed by atoms with van der Waals surface area (Å²) in [4.78, 5) is 12.9. The average Bonchev–Trinajstić information content (AvgIpc) is 2.74. The van der Waals surface area contributed by atoms with Crippen LogP contribution in [0.15, 0.2) is 77.7 Å². The normalized spacial score (nSPS) is 11.1. The van der Waals surface area contributed by atoms with E-state index in [0.29, 0.717) is 12.1 Å². The number of benzene rings is 3. The molecule has 0 aliphatic rings. The molecule has 3 aromatic carbocycles. The molecule has 0 aliphatic carbocycles. The molecule has 0 aromatic heterocycles. The minimum Gasteiger partial charge on any atom is -0.496 e. The van der Waals surface area contributed by atoms with Crippen LogP contribution in [-0.4, -0.2) is 27.2 Å². The zero-order valence-corrected chi connectivity index (χ0v) is 17.2. The first-order valence-electron chi connectivity index (χ1n) is 9.28. The van der Waals surface area contributed by atoms with Crippen LogP contribution in [0.1, 0.15) is 28.4 Å². The number of methoxy groups -OCH3 is 1. The van der Waals surface area contributed by atoms with E-state index in [1.54, 1.807) is 38.3 Å². The van der Waals surface area contributed by atoms with Gasteiger partial charge in [-0.1, -0.05) is 49.4 Å². The fourth-order valence-electron chi connectivity index (χ4n) is 3.09. The second kappa shape index (κ2) is 8.92. The lowest BCUT2D eigenvalue weighted by Crippen LogP contribution is -2.17. The highest BCUT2D eigenvalue weighted by atomic mass is 32.2. The number of carbonyl (C=O) groups excluding carboxylic acids is 1. The number of carbonyl (C=O) groups is 1. The number of amides is 1. The second-order valence-electron chi connectivity index (χ2n) is 6.54. The zero-order valence-electron chi connectivity index (χ0n) is 16.4. The molecule has 0 saturated heterocycles. The molecule has 0 bridgehead atoms. The van der Waals surface area contributed by atoms with Crippen molar-refractivity contribution in [2.75, 3.05) is 18.2 Å². The van der Waals surface area contributed by atoms with E-state index in [0.717, 1.165) is 16.9 Å². The molecule has 0 atom stereocenters. The SMILES string of the molecule is CCS(=O)(=O)c1ccccc1C(=O)Nc1ccc(OC)c(Cc2ccccc2)c1. The van der Waals surface area contributed by atoms with Crippen LogP contribution in [0, 0.1) is 0 Å². The van der Waals surface area contributed by atoms with Crippen LogP contribution in [0.25, 0.3) is 0 Å². The van der Waals surface area contributed by atoms with Gasteiger partial charge in [-0.15, -0.1) is 0 Å². The molecule has 1 N–H and O–H groups in total. The largest absolute Gasteiger partial charge is 0.496 e. The fraction of sp³-hybridized carbons (Fsp3) is 0.174. The predicted molar refractivity (Wildman–Crippen MR) is 114 cm³/mol. The van der Waals surface area contributed by atoms with Gasteiger partial charge in [0.1, 0.15) is 5.75 Å². The topological polar surface area (TPSA) is 72.5 Å². The highest BCUT2D eigenvalue weighted by molar-refractivity contribution is 7.91. The minimum absolute atomic E-state index is 0.0398. The molecule has 3 rings (SSSR count). The molecular weight excluding hydrogens is 386 g/mol. The highest BCUT2D eigenvalue weighted by Gasteiger charge is 2.20. The van der Waals surface area contributed by atoms with Crippen LogP contribution in [0.2, 0.25) is 0 Å². The summed E-state index contributed by atoms with van der Waals surface area (Å²) in [7, 11) is -1.90. The number of hydrogen-bond donors (Lipinski definition) is 1. The third kappa shape index (κ3) is 4.84. The van der Waals surface area contributed by atoms with Crippen LogP contribution < -0.4 is 10.1 Å². The Morgan fingerprint density at radius 3 is 2.34 bits per heavy atom. The Labute approximate surface area is 171 Å². The first kappa shape index (κ1) is 20.6. The van der Waals surface area contributed by atoms with Crippen molar-refractivity contribution in [1.82, 2.24) is 0 Å². The Morgan fingerprint density at radius 2 is 1.66 bits per heavy atom. The van der Waals surface area contributed by atoms with E-state index in [9.17, 15) is 13.2 Å². The molecule has 5 nitrogen and oxygen atoms in total. The van der Waals surface area contributed by atoms with Crippen molar-refractivity contribution in [1.29, 1.82) is 0 Å².